The lowest BCUT2D eigenvalue weighted by molar-refractivity contribution is -0.120. The molecule has 0 radical (unpaired) electrons. The number of halogens is 1. The van der Waals surface area contributed by atoms with E-state index in [1.165, 1.54) is 5.56 Å². The summed E-state index contributed by atoms with van der Waals surface area (Å²) in [6.07, 6.45) is 0. The number of aryl methyl sites for hydroxylation is 1. The van der Waals surface area contributed by atoms with Gasteiger partial charge in [0.15, 0.2) is 0 Å². The fourth-order valence-electron chi connectivity index (χ4n) is 1.90. The van der Waals surface area contributed by atoms with Crippen LogP contribution in [0.1, 0.15) is 17.4 Å². The van der Waals surface area contributed by atoms with Crippen LogP contribution in [0.25, 0.3) is 0 Å². The number of anilines is 1. The highest BCUT2D eigenvalue weighted by Crippen LogP contribution is 2.23. The van der Waals surface area contributed by atoms with Crippen LogP contribution in [0, 0.1) is 6.92 Å². The van der Waals surface area contributed by atoms with Crippen molar-refractivity contribution in [1.82, 2.24) is 4.90 Å². The van der Waals surface area contributed by atoms with Gasteiger partial charge >= 0.3 is 0 Å². The van der Waals surface area contributed by atoms with Crippen LogP contribution in [0.3, 0.4) is 0 Å². The molecule has 1 amide bonds. The average molecular weight is 323 g/mol. The van der Waals surface area contributed by atoms with Crippen molar-refractivity contribution in [2.75, 3.05) is 12.4 Å². The number of carbonyl (C=O) groups is 1. The van der Waals surface area contributed by atoms with Gasteiger partial charge in [0.1, 0.15) is 0 Å². The van der Waals surface area contributed by atoms with Gasteiger partial charge in [-0.15, -0.1) is 11.3 Å². The Bertz CT molecular complexity index is 609. The molecular formula is C16H19ClN2OS. The SMILES string of the molecule is Cc1ccc(NC(=O)[C@@H](C)N(C)Cc2ccc(Cl)s2)cc1. The van der Waals surface area contributed by atoms with Crippen LogP contribution in [-0.2, 0) is 11.3 Å². The first-order chi connectivity index (χ1) is 9.95. The average Bonchev–Trinajstić information content (AvgIpc) is 2.85. The van der Waals surface area contributed by atoms with Crippen molar-refractivity contribution in [2.45, 2.75) is 26.4 Å². The second-order valence-electron chi connectivity index (χ2n) is 5.15. The molecule has 1 heterocycles. The first-order valence-corrected chi connectivity index (χ1v) is 7.97. The molecule has 1 aromatic carbocycles. The Balaban J connectivity index is 1.93. The molecule has 0 aliphatic carbocycles. The van der Waals surface area contributed by atoms with Gasteiger partial charge in [-0.25, -0.2) is 0 Å². The van der Waals surface area contributed by atoms with Crippen molar-refractivity contribution in [1.29, 1.82) is 0 Å². The predicted molar refractivity (Wildman–Crippen MR) is 90.1 cm³/mol. The Kier molecular flexibility index (Phi) is 5.39. The number of nitrogens with one attached hydrogen (secondary N) is 1. The molecule has 1 aromatic heterocycles. The second-order valence-corrected chi connectivity index (χ2v) is 6.95. The monoisotopic (exact) mass is 322 g/mol. The Morgan fingerprint density at radius 2 is 1.95 bits per heavy atom. The number of hydrogen-bond acceptors (Lipinski definition) is 3. The normalized spacial score (nSPS) is 12.4. The molecular weight excluding hydrogens is 304 g/mol. The lowest BCUT2D eigenvalue weighted by atomic mass is 10.2. The first kappa shape index (κ1) is 16.0. The Hall–Kier alpha value is -1.36. The maximum Gasteiger partial charge on any atom is 0.241 e. The van der Waals surface area contributed by atoms with E-state index < -0.39 is 0 Å². The van der Waals surface area contributed by atoms with E-state index in [-0.39, 0.29) is 11.9 Å². The van der Waals surface area contributed by atoms with E-state index >= 15 is 0 Å². The lowest BCUT2D eigenvalue weighted by Crippen LogP contribution is -2.39. The molecule has 1 atom stereocenters. The lowest BCUT2D eigenvalue weighted by Gasteiger charge is -2.23. The van der Waals surface area contributed by atoms with Gasteiger partial charge in [0, 0.05) is 17.1 Å². The summed E-state index contributed by atoms with van der Waals surface area (Å²) in [6, 6.07) is 11.5. The molecule has 0 unspecified atom stereocenters. The van der Waals surface area contributed by atoms with Gasteiger partial charge < -0.3 is 5.32 Å². The third-order valence-electron chi connectivity index (χ3n) is 3.39. The number of nitrogens with zero attached hydrogens (tertiary/aromatic N) is 1. The smallest absolute Gasteiger partial charge is 0.241 e. The largest absolute Gasteiger partial charge is 0.325 e. The van der Waals surface area contributed by atoms with Crippen molar-refractivity contribution in [2.24, 2.45) is 0 Å². The molecule has 0 spiro atoms. The summed E-state index contributed by atoms with van der Waals surface area (Å²) >= 11 is 7.47. The number of hydrogen-bond donors (Lipinski definition) is 1. The highest BCUT2D eigenvalue weighted by Gasteiger charge is 2.18. The Morgan fingerprint density at radius 3 is 2.52 bits per heavy atom. The van der Waals surface area contributed by atoms with Crippen LogP contribution < -0.4 is 5.32 Å². The second kappa shape index (κ2) is 7.07. The zero-order valence-corrected chi connectivity index (χ0v) is 14.0. The van der Waals surface area contributed by atoms with Gasteiger partial charge in [-0.3, -0.25) is 9.69 Å². The van der Waals surface area contributed by atoms with Gasteiger partial charge in [-0.1, -0.05) is 29.3 Å². The highest BCUT2D eigenvalue weighted by molar-refractivity contribution is 7.16. The van der Waals surface area contributed by atoms with E-state index in [0.29, 0.717) is 6.54 Å². The van der Waals surface area contributed by atoms with Crippen LogP contribution >= 0.6 is 22.9 Å². The minimum Gasteiger partial charge on any atom is -0.325 e. The van der Waals surface area contributed by atoms with Crippen LogP contribution in [0.15, 0.2) is 36.4 Å². The fourth-order valence-corrected chi connectivity index (χ4v) is 3.05. The summed E-state index contributed by atoms with van der Waals surface area (Å²) in [5.74, 6) is -0.0102. The van der Waals surface area contributed by atoms with Crippen molar-refractivity contribution >= 4 is 34.5 Å². The van der Waals surface area contributed by atoms with E-state index in [2.05, 4.69) is 5.32 Å². The number of likely N-dealkylation sites (N-methyl/N-ethyl adjacent to an activating group) is 1. The molecule has 3 nitrogen and oxygen atoms in total. The van der Waals surface area contributed by atoms with Gasteiger partial charge in [0.2, 0.25) is 5.91 Å². The molecule has 0 saturated carbocycles. The minimum absolute atomic E-state index is 0.0102. The first-order valence-electron chi connectivity index (χ1n) is 6.77. The molecule has 0 bridgehead atoms. The molecule has 2 rings (SSSR count). The zero-order valence-electron chi connectivity index (χ0n) is 12.4. The maximum atomic E-state index is 12.3. The molecule has 0 aliphatic heterocycles. The van der Waals surface area contributed by atoms with Crippen LogP contribution in [0.4, 0.5) is 5.69 Å². The van der Waals surface area contributed by atoms with Crippen molar-refractivity contribution in [3.05, 3.63) is 51.2 Å². The van der Waals surface area contributed by atoms with Gasteiger partial charge in [-0.2, -0.15) is 0 Å². The minimum atomic E-state index is -0.216. The molecule has 21 heavy (non-hydrogen) atoms. The summed E-state index contributed by atoms with van der Waals surface area (Å²) in [7, 11) is 1.94. The summed E-state index contributed by atoms with van der Waals surface area (Å²) in [5.41, 5.74) is 2.00. The zero-order chi connectivity index (χ0) is 15.4. The van der Waals surface area contributed by atoms with Crippen molar-refractivity contribution in [3.8, 4) is 0 Å². The standard InChI is InChI=1S/C16H19ClN2OS/c1-11-4-6-13(7-5-11)18-16(20)12(2)19(3)10-14-8-9-15(17)21-14/h4-9,12H,10H2,1-3H3,(H,18,20)/t12-/m1/s1. The molecule has 112 valence electrons. The van der Waals surface area contributed by atoms with E-state index in [1.807, 2.05) is 62.2 Å². The number of benzene rings is 1. The van der Waals surface area contributed by atoms with Crippen LogP contribution in [0.5, 0.6) is 0 Å². The summed E-state index contributed by atoms with van der Waals surface area (Å²) in [4.78, 5) is 15.4. The Morgan fingerprint density at radius 1 is 1.29 bits per heavy atom. The molecule has 1 N–H and O–H groups in total. The molecule has 0 saturated heterocycles. The molecule has 0 aliphatic rings. The van der Waals surface area contributed by atoms with Crippen molar-refractivity contribution in [3.63, 3.8) is 0 Å². The predicted octanol–water partition coefficient (Wildman–Crippen LogP) is 4.17. The number of rotatable bonds is 5. The van der Waals surface area contributed by atoms with Gasteiger partial charge in [-0.05, 0) is 45.2 Å². The summed E-state index contributed by atoms with van der Waals surface area (Å²) in [5, 5.41) is 2.94. The fraction of sp³-hybridized carbons (Fsp3) is 0.312. The third kappa shape index (κ3) is 4.56. The van der Waals surface area contributed by atoms with E-state index in [1.54, 1.807) is 11.3 Å². The number of thiophene rings is 1. The van der Waals surface area contributed by atoms with E-state index in [9.17, 15) is 4.79 Å². The quantitative estimate of drug-likeness (QED) is 0.896. The van der Waals surface area contributed by atoms with Crippen LogP contribution in [0.2, 0.25) is 4.34 Å². The third-order valence-corrected chi connectivity index (χ3v) is 4.61. The van der Waals surface area contributed by atoms with Gasteiger partial charge in [0.25, 0.3) is 0 Å². The topological polar surface area (TPSA) is 32.3 Å². The molecule has 2 aromatic rings. The molecule has 0 fully saturated rings. The summed E-state index contributed by atoms with van der Waals surface area (Å²) in [6.45, 7) is 4.63. The van der Waals surface area contributed by atoms with Gasteiger partial charge in [0.05, 0.1) is 10.4 Å². The maximum absolute atomic E-state index is 12.3. The number of carbonyl (C=O) groups excluding carboxylic acids is 1. The Labute approximate surface area is 134 Å². The molecule has 5 heteroatoms. The van der Waals surface area contributed by atoms with E-state index in [0.717, 1.165) is 14.9 Å². The summed E-state index contributed by atoms with van der Waals surface area (Å²) < 4.78 is 0.773. The van der Waals surface area contributed by atoms with Crippen molar-refractivity contribution < 1.29 is 4.79 Å². The highest BCUT2D eigenvalue weighted by atomic mass is 35.5. The van der Waals surface area contributed by atoms with E-state index in [4.69, 9.17) is 11.6 Å². The number of amides is 1. The van der Waals surface area contributed by atoms with Crippen LogP contribution in [-0.4, -0.2) is 23.9 Å².